The Bertz CT molecular complexity index is 743. The van der Waals surface area contributed by atoms with Crippen molar-refractivity contribution in [1.82, 2.24) is 4.98 Å². The lowest BCUT2D eigenvalue weighted by molar-refractivity contribution is 0.286. The predicted molar refractivity (Wildman–Crippen MR) is 107 cm³/mol. The number of pyridine rings is 1. The Morgan fingerprint density at radius 2 is 1.88 bits per heavy atom. The molecule has 0 saturated heterocycles. The SMILES string of the molecule is CC(C)c1ccccc1C(C)(C)CCCC1(C)c2ccncc2C1C. The van der Waals surface area contributed by atoms with E-state index in [9.17, 15) is 0 Å². The molecule has 25 heavy (non-hydrogen) atoms. The second-order valence-electron chi connectivity index (χ2n) is 9.08. The molecule has 1 heteroatoms. The smallest absolute Gasteiger partial charge is 0.0305 e. The quantitative estimate of drug-likeness (QED) is 0.570. The number of benzene rings is 1. The van der Waals surface area contributed by atoms with Crippen molar-refractivity contribution < 1.29 is 0 Å². The van der Waals surface area contributed by atoms with Crippen molar-refractivity contribution >= 4 is 0 Å². The highest BCUT2D eigenvalue weighted by Gasteiger charge is 2.45. The maximum Gasteiger partial charge on any atom is 0.0305 e. The molecule has 2 aromatic rings. The Balaban J connectivity index is 1.70. The summed E-state index contributed by atoms with van der Waals surface area (Å²) < 4.78 is 0. The number of hydrogen-bond acceptors (Lipinski definition) is 1. The largest absolute Gasteiger partial charge is 0.264 e. The number of fused-ring (bicyclic) bond motifs is 1. The molecule has 1 nitrogen and oxygen atoms in total. The third kappa shape index (κ3) is 3.14. The fourth-order valence-corrected chi connectivity index (χ4v) is 4.77. The summed E-state index contributed by atoms with van der Waals surface area (Å²) in [5.74, 6) is 1.21. The lowest BCUT2D eigenvalue weighted by Crippen LogP contribution is -2.40. The fraction of sp³-hybridized carbons (Fsp3) is 0.542. The highest BCUT2D eigenvalue weighted by atomic mass is 14.7. The van der Waals surface area contributed by atoms with Gasteiger partial charge in [0, 0.05) is 12.4 Å². The molecular formula is C24H33N. The van der Waals surface area contributed by atoms with Gasteiger partial charge in [-0.25, -0.2) is 0 Å². The van der Waals surface area contributed by atoms with Crippen LogP contribution in [0.3, 0.4) is 0 Å². The first-order valence-corrected chi connectivity index (χ1v) is 9.81. The monoisotopic (exact) mass is 335 g/mol. The summed E-state index contributed by atoms with van der Waals surface area (Å²) in [5.41, 5.74) is 6.57. The van der Waals surface area contributed by atoms with Crippen LogP contribution in [0.5, 0.6) is 0 Å². The van der Waals surface area contributed by atoms with E-state index in [4.69, 9.17) is 0 Å². The Hall–Kier alpha value is -1.63. The van der Waals surface area contributed by atoms with Crippen molar-refractivity contribution in [2.75, 3.05) is 0 Å². The molecule has 1 aliphatic rings. The third-order valence-electron chi connectivity index (χ3n) is 6.70. The fourth-order valence-electron chi connectivity index (χ4n) is 4.77. The Kier molecular flexibility index (Phi) is 4.79. The molecule has 134 valence electrons. The first kappa shape index (κ1) is 18.2. The summed E-state index contributed by atoms with van der Waals surface area (Å²) >= 11 is 0. The van der Waals surface area contributed by atoms with Gasteiger partial charge < -0.3 is 0 Å². The molecule has 0 saturated carbocycles. The van der Waals surface area contributed by atoms with E-state index >= 15 is 0 Å². The van der Waals surface area contributed by atoms with Gasteiger partial charge in [-0.1, -0.05) is 72.2 Å². The van der Waals surface area contributed by atoms with Gasteiger partial charge in [-0.2, -0.15) is 0 Å². The number of aromatic nitrogens is 1. The molecule has 1 aliphatic carbocycles. The van der Waals surface area contributed by atoms with Gasteiger partial charge in [-0.05, 0) is 63.8 Å². The van der Waals surface area contributed by atoms with Crippen molar-refractivity contribution in [3.63, 3.8) is 0 Å². The molecule has 0 fully saturated rings. The number of nitrogens with zero attached hydrogens (tertiary/aromatic N) is 1. The van der Waals surface area contributed by atoms with Crippen molar-refractivity contribution in [3.8, 4) is 0 Å². The highest BCUT2D eigenvalue weighted by molar-refractivity contribution is 5.47. The first-order valence-electron chi connectivity index (χ1n) is 9.81. The Morgan fingerprint density at radius 1 is 1.16 bits per heavy atom. The zero-order chi connectivity index (χ0) is 18.2. The van der Waals surface area contributed by atoms with Crippen LogP contribution >= 0.6 is 0 Å². The van der Waals surface area contributed by atoms with Gasteiger partial charge in [0.2, 0.25) is 0 Å². The van der Waals surface area contributed by atoms with Gasteiger partial charge in [-0.3, -0.25) is 4.98 Å². The van der Waals surface area contributed by atoms with Crippen LogP contribution in [0.15, 0.2) is 42.7 Å². The Morgan fingerprint density at radius 3 is 2.60 bits per heavy atom. The molecule has 1 heterocycles. The van der Waals surface area contributed by atoms with Crippen molar-refractivity contribution in [2.45, 2.75) is 83.5 Å². The van der Waals surface area contributed by atoms with Gasteiger partial charge in [0.05, 0.1) is 0 Å². The van der Waals surface area contributed by atoms with Gasteiger partial charge in [0.1, 0.15) is 0 Å². The molecule has 0 N–H and O–H groups in total. The average molecular weight is 336 g/mol. The summed E-state index contributed by atoms with van der Waals surface area (Å²) in [6, 6.07) is 11.2. The maximum atomic E-state index is 4.30. The van der Waals surface area contributed by atoms with Crippen LogP contribution in [0.1, 0.15) is 94.9 Å². The second kappa shape index (κ2) is 6.59. The normalized spacial score (nSPS) is 22.6. The van der Waals surface area contributed by atoms with Crippen LogP contribution in [0.25, 0.3) is 0 Å². The summed E-state index contributed by atoms with van der Waals surface area (Å²) in [6.07, 6.45) is 7.77. The van der Waals surface area contributed by atoms with Crippen molar-refractivity contribution in [1.29, 1.82) is 0 Å². The van der Waals surface area contributed by atoms with E-state index in [-0.39, 0.29) is 5.41 Å². The molecule has 0 aliphatic heterocycles. The minimum absolute atomic E-state index is 0.227. The zero-order valence-electron chi connectivity index (χ0n) is 16.8. The van der Waals surface area contributed by atoms with E-state index in [0.29, 0.717) is 17.3 Å². The average Bonchev–Trinajstić information content (AvgIpc) is 2.61. The lowest BCUT2D eigenvalue weighted by atomic mass is 9.56. The molecule has 0 radical (unpaired) electrons. The summed E-state index contributed by atoms with van der Waals surface area (Å²) in [7, 11) is 0. The maximum absolute atomic E-state index is 4.30. The summed E-state index contributed by atoms with van der Waals surface area (Å²) in [4.78, 5) is 4.30. The Labute approximate surface area is 153 Å². The summed E-state index contributed by atoms with van der Waals surface area (Å²) in [6.45, 7) is 14.2. The van der Waals surface area contributed by atoms with Gasteiger partial charge in [-0.15, -0.1) is 0 Å². The molecule has 2 atom stereocenters. The molecule has 1 aromatic heterocycles. The van der Waals surface area contributed by atoms with Crippen molar-refractivity contribution in [2.24, 2.45) is 0 Å². The first-order chi connectivity index (χ1) is 11.8. The zero-order valence-corrected chi connectivity index (χ0v) is 16.8. The van der Waals surface area contributed by atoms with E-state index in [1.807, 2.05) is 6.20 Å². The van der Waals surface area contributed by atoms with Crippen LogP contribution in [0.2, 0.25) is 0 Å². The molecular weight excluding hydrogens is 302 g/mol. The van der Waals surface area contributed by atoms with E-state index in [0.717, 1.165) is 0 Å². The van der Waals surface area contributed by atoms with Gasteiger partial charge in [0.25, 0.3) is 0 Å². The predicted octanol–water partition coefficient (Wildman–Crippen LogP) is 6.73. The molecule has 2 unspecified atom stereocenters. The van der Waals surface area contributed by atoms with Crippen LogP contribution in [-0.4, -0.2) is 4.98 Å². The number of hydrogen-bond donors (Lipinski definition) is 0. The molecule has 3 rings (SSSR count). The lowest BCUT2D eigenvalue weighted by Gasteiger charge is -2.48. The standard InChI is InChI=1S/C24H33N/c1-17(2)19-10-7-8-11-21(19)23(4,5)13-9-14-24(6)18(3)20-16-25-15-12-22(20)24/h7-8,10-12,15-18H,9,13-14H2,1-6H3. The highest BCUT2D eigenvalue weighted by Crippen LogP contribution is 2.54. The summed E-state index contributed by atoms with van der Waals surface area (Å²) in [5, 5.41) is 0. The minimum atomic E-state index is 0.227. The molecule has 0 spiro atoms. The minimum Gasteiger partial charge on any atom is -0.264 e. The van der Waals surface area contributed by atoms with E-state index in [2.05, 4.69) is 83.1 Å². The van der Waals surface area contributed by atoms with Gasteiger partial charge in [0.15, 0.2) is 0 Å². The molecule has 0 bridgehead atoms. The molecule has 0 amide bonds. The topological polar surface area (TPSA) is 12.9 Å². The van der Waals surface area contributed by atoms with Gasteiger partial charge >= 0.3 is 0 Å². The van der Waals surface area contributed by atoms with Crippen molar-refractivity contribution in [3.05, 3.63) is 65.0 Å². The van der Waals surface area contributed by atoms with Crippen LogP contribution in [0.4, 0.5) is 0 Å². The number of rotatable bonds is 6. The second-order valence-corrected chi connectivity index (χ2v) is 9.08. The molecule has 1 aromatic carbocycles. The van der Waals surface area contributed by atoms with Crippen LogP contribution in [0, 0.1) is 0 Å². The van der Waals surface area contributed by atoms with E-state index in [1.165, 1.54) is 41.5 Å². The van der Waals surface area contributed by atoms with E-state index in [1.54, 1.807) is 0 Å². The van der Waals surface area contributed by atoms with Crippen LogP contribution < -0.4 is 0 Å². The third-order valence-corrected chi connectivity index (χ3v) is 6.70. The van der Waals surface area contributed by atoms with E-state index < -0.39 is 0 Å². The van der Waals surface area contributed by atoms with Crippen LogP contribution in [-0.2, 0) is 10.8 Å².